The molecule has 0 atom stereocenters. The Hall–Kier alpha value is -1.96. The molecule has 0 saturated carbocycles. The molecule has 1 heterocycles. The van der Waals surface area contributed by atoms with E-state index in [2.05, 4.69) is 5.32 Å². The third-order valence-corrected chi connectivity index (χ3v) is 2.74. The van der Waals surface area contributed by atoms with E-state index in [4.69, 9.17) is 26.4 Å². The van der Waals surface area contributed by atoms with Crippen LogP contribution in [0, 0.1) is 11.3 Å². The van der Waals surface area contributed by atoms with Crippen molar-refractivity contribution in [2.45, 2.75) is 13.2 Å². The number of hydrogen-bond acceptors (Lipinski definition) is 4. The lowest BCUT2D eigenvalue weighted by Gasteiger charge is -2.05. The molecule has 0 radical (unpaired) electrons. The van der Waals surface area contributed by atoms with Crippen LogP contribution in [0.25, 0.3) is 0 Å². The first-order chi connectivity index (χ1) is 8.72. The maximum absolute atomic E-state index is 8.87. The molecular weight excluding hydrogens is 252 g/mol. The molecule has 2 rings (SSSR count). The van der Waals surface area contributed by atoms with Gasteiger partial charge in [0, 0.05) is 5.69 Å². The molecule has 18 heavy (non-hydrogen) atoms. The van der Waals surface area contributed by atoms with Crippen LogP contribution in [0.4, 0.5) is 5.69 Å². The number of aliphatic hydroxyl groups is 1. The predicted octanol–water partition coefficient (Wildman–Crippen LogP) is 2.91. The second-order valence-electron chi connectivity index (χ2n) is 3.69. The normalized spacial score (nSPS) is 10.1. The smallest absolute Gasteiger partial charge is 0.129 e. The fraction of sp³-hybridized carbons (Fsp3) is 0.154. The quantitative estimate of drug-likeness (QED) is 0.889. The molecule has 0 bridgehead atoms. The molecule has 0 fully saturated rings. The summed E-state index contributed by atoms with van der Waals surface area (Å²) in [7, 11) is 0. The van der Waals surface area contributed by atoms with Crippen molar-refractivity contribution < 1.29 is 9.52 Å². The Bertz CT molecular complexity index is 587. The van der Waals surface area contributed by atoms with Crippen molar-refractivity contribution >= 4 is 17.3 Å². The van der Waals surface area contributed by atoms with Crippen molar-refractivity contribution in [1.29, 1.82) is 5.26 Å². The Morgan fingerprint density at radius 3 is 2.67 bits per heavy atom. The lowest BCUT2D eigenvalue weighted by molar-refractivity contribution is 0.244. The molecule has 1 aromatic heterocycles. The number of nitrogens with one attached hydrogen (secondary N) is 1. The van der Waals surface area contributed by atoms with Crippen LogP contribution in [-0.4, -0.2) is 5.11 Å². The van der Waals surface area contributed by atoms with Crippen LogP contribution in [0.3, 0.4) is 0 Å². The SMILES string of the molecule is N#Cc1ccc(NCc2ccc(CO)o2)cc1Cl. The summed E-state index contributed by atoms with van der Waals surface area (Å²) in [5.74, 6) is 1.25. The summed E-state index contributed by atoms with van der Waals surface area (Å²) >= 11 is 5.92. The number of hydrogen-bond donors (Lipinski definition) is 2. The monoisotopic (exact) mass is 262 g/mol. The van der Waals surface area contributed by atoms with Crippen molar-refractivity contribution in [2.24, 2.45) is 0 Å². The highest BCUT2D eigenvalue weighted by Gasteiger charge is 2.03. The largest absolute Gasteiger partial charge is 0.462 e. The molecular formula is C13H11ClN2O2. The van der Waals surface area contributed by atoms with Crippen molar-refractivity contribution in [3.63, 3.8) is 0 Å². The zero-order chi connectivity index (χ0) is 13.0. The molecule has 0 saturated heterocycles. The van der Waals surface area contributed by atoms with Gasteiger partial charge in [0.25, 0.3) is 0 Å². The topological polar surface area (TPSA) is 69.2 Å². The molecule has 0 unspecified atom stereocenters. The third-order valence-electron chi connectivity index (χ3n) is 2.43. The van der Waals surface area contributed by atoms with E-state index >= 15 is 0 Å². The van der Waals surface area contributed by atoms with Crippen molar-refractivity contribution in [1.82, 2.24) is 0 Å². The fourth-order valence-electron chi connectivity index (χ4n) is 1.51. The van der Waals surface area contributed by atoms with Gasteiger partial charge in [-0.25, -0.2) is 0 Å². The summed E-state index contributed by atoms with van der Waals surface area (Å²) in [6.45, 7) is 0.380. The maximum atomic E-state index is 8.87. The van der Waals surface area contributed by atoms with E-state index in [-0.39, 0.29) is 6.61 Å². The van der Waals surface area contributed by atoms with E-state index in [0.29, 0.717) is 22.9 Å². The highest BCUT2D eigenvalue weighted by Crippen LogP contribution is 2.21. The first kappa shape index (κ1) is 12.5. The van der Waals surface area contributed by atoms with E-state index in [1.807, 2.05) is 6.07 Å². The van der Waals surface area contributed by atoms with Crippen LogP contribution in [0.15, 0.2) is 34.7 Å². The summed E-state index contributed by atoms with van der Waals surface area (Å²) in [4.78, 5) is 0. The van der Waals surface area contributed by atoms with E-state index in [1.165, 1.54) is 0 Å². The first-order valence-electron chi connectivity index (χ1n) is 5.35. The van der Waals surface area contributed by atoms with Gasteiger partial charge in [-0.1, -0.05) is 11.6 Å². The lowest BCUT2D eigenvalue weighted by Crippen LogP contribution is -1.98. The number of nitriles is 1. The van der Waals surface area contributed by atoms with E-state index in [9.17, 15) is 0 Å². The van der Waals surface area contributed by atoms with Crippen LogP contribution >= 0.6 is 11.6 Å². The molecule has 0 aliphatic carbocycles. The van der Waals surface area contributed by atoms with Crippen LogP contribution in [0.2, 0.25) is 5.02 Å². The van der Waals surface area contributed by atoms with Gasteiger partial charge in [0.15, 0.2) is 0 Å². The highest BCUT2D eigenvalue weighted by atomic mass is 35.5. The van der Waals surface area contributed by atoms with E-state index in [0.717, 1.165) is 11.4 Å². The fourth-order valence-corrected chi connectivity index (χ4v) is 1.73. The highest BCUT2D eigenvalue weighted by molar-refractivity contribution is 6.32. The molecule has 92 valence electrons. The summed E-state index contributed by atoms with van der Waals surface area (Å²) in [6.07, 6.45) is 0. The third kappa shape index (κ3) is 2.83. The number of nitrogens with zero attached hydrogens (tertiary/aromatic N) is 1. The van der Waals surface area contributed by atoms with Gasteiger partial charge in [-0.2, -0.15) is 5.26 Å². The average molecular weight is 263 g/mol. The second kappa shape index (κ2) is 5.58. The van der Waals surface area contributed by atoms with Crippen molar-refractivity contribution in [3.05, 3.63) is 52.4 Å². The molecule has 0 spiro atoms. The molecule has 4 nitrogen and oxygen atoms in total. The summed E-state index contributed by atoms with van der Waals surface area (Å²) in [6, 6.07) is 10.6. The predicted molar refractivity (Wildman–Crippen MR) is 68.1 cm³/mol. The Morgan fingerprint density at radius 1 is 1.28 bits per heavy atom. The average Bonchev–Trinajstić information content (AvgIpc) is 2.84. The molecule has 2 N–H and O–H groups in total. The van der Waals surface area contributed by atoms with Crippen LogP contribution < -0.4 is 5.32 Å². The molecule has 0 amide bonds. The molecule has 5 heteroatoms. The standard InChI is InChI=1S/C13H11ClN2O2/c14-13-5-10(2-1-9(13)6-15)16-7-11-3-4-12(8-17)18-11/h1-5,16-17H,7-8H2. The van der Waals surface area contributed by atoms with Gasteiger partial charge in [-0.05, 0) is 30.3 Å². The molecule has 0 aliphatic rings. The van der Waals surface area contributed by atoms with Gasteiger partial charge >= 0.3 is 0 Å². The van der Waals surface area contributed by atoms with Gasteiger partial charge in [0.05, 0.1) is 17.1 Å². The Kier molecular flexibility index (Phi) is 3.88. The zero-order valence-electron chi connectivity index (χ0n) is 9.48. The molecule has 1 aromatic carbocycles. The Labute approximate surface area is 109 Å². The number of benzene rings is 1. The van der Waals surface area contributed by atoms with Gasteiger partial charge in [-0.15, -0.1) is 0 Å². The van der Waals surface area contributed by atoms with Gasteiger partial charge in [0.1, 0.15) is 24.2 Å². The number of halogens is 1. The van der Waals surface area contributed by atoms with E-state index in [1.54, 1.807) is 30.3 Å². The second-order valence-corrected chi connectivity index (χ2v) is 4.09. The number of anilines is 1. The molecule has 0 aliphatic heterocycles. The van der Waals surface area contributed by atoms with Crippen LogP contribution in [0.5, 0.6) is 0 Å². The minimum absolute atomic E-state index is 0.108. The Balaban J connectivity index is 2.02. The Morgan fingerprint density at radius 2 is 2.06 bits per heavy atom. The molecule has 2 aromatic rings. The number of furan rings is 1. The summed E-state index contributed by atoms with van der Waals surface area (Å²) in [5, 5.41) is 21.2. The van der Waals surface area contributed by atoms with E-state index < -0.39 is 0 Å². The summed E-state index contributed by atoms with van der Waals surface area (Å²) in [5.41, 5.74) is 1.25. The number of rotatable bonds is 4. The maximum Gasteiger partial charge on any atom is 0.129 e. The van der Waals surface area contributed by atoms with Crippen molar-refractivity contribution in [3.8, 4) is 6.07 Å². The zero-order valence-corrected chi connectivity index (χ0v) is 10.2. The minimum Gasteiger partial charge on any atom is -0.462 e. The van der Waals surface area contributed by atoms with Gasteiger partial charge in [0.2, 0.25) is 0 Å². The number of aliphatic hydroxyl groups excluding tert-OH is 1. The van der Waals surface area contributed by atoms with Gasteiger partial charge < -0.3 is 14.8 Å². The van der Waals surface area contributed by atoms with Gasteiger partial charge in [-0.3, -0.25) is 0 Å². The van der Waals surface area contributed by atoms with Crippen molar-refractivity contribution in [2.75, 3.05) is 5.32 Å². The first-order valence-corrected chi connectivity index (χ1v) is 5.72. The van der Waals surface area contributed by atoms with Crippen LogP contribution in [-0.2, 0) is 13.2 Å². The summed E-state index contributed by atoms with van der Waals surface area (Å²) < 4.78 is 5.33. The van der Waals surface area contributed by atoms with Crippen LogP contribution in [0.1, 0.15) is 17.1 Å². The lowest BCUT2D eigenvalue weighted by atomic mass is 10.2. The minimum atomic E-state index is -0.108.